The van der Waals surface area contributed by atoms with Gasteiger partial charge in [0.15, 0.2) is 0 Å². The molecule has 1 saturated carbocycles. The van der Waals surface area contributed by atoms with Crippen LogP contribution in [0.2, 0.25) is 0 Å². The molecule has 1 unspecified atom stereocenters. The van der Waals surface area contributed by atoms with E-state index in [0.29, 0.717) is 6.54 Å². The lowest BCUT2D eigenvalue weighted by atomic mass is 9.72. The van der Waals surface area contributed by atoms with E-state index in [1.54, 1.807) is 11.3 Å². The fourth-order valence-corrected chi connectivity index (χ4v) is 4.09. The van der Waals surface area contributed by atoms with E-state index in [0.717, 1.165) is 38.5 Å². The van der Waals surface area contributed by atoms with Crippen LogP contribution in [0.4, 0.5) is 0 Å². The normalized spacial score (nSPS) is 19.5. The van der Waals surface area contributed by atoms with Crippen molar-refractivity contribution in [1.82, 2.24) is 5.32 Å². The van der Waals surface area contributed by atoms with Gasteiger partial charge in [-0.1, -0.05) is 38.7 Å². The third-order valence-corrected chi connectivity index (χ3v) is 5.33. The zero-order chi connectivity index (χ0) is 14.4. The first-order valence-electron chi connectivity index (χ1n) is 7.69. The maximum atomic E-state index is 12.7. The fraction of sp³-hybridized carbons (Fsp3) is 0.688. The molecule has 0 bridgehead atoms. The van der Waals surface area contributed by atoms with Crippen molar-refractivity contribution < 1.29 is 9.90 Å². The van der Waals surface area contributed by atoms with Crippen LogP contribution in [-0.4, -0.2) is 23.7 Å². The molecule has 1 amide bonds. The highest BCUT2D eigenvalue weighted by Gasteiger charge is 2.41. The number of amides is 1. The van der Waals surface area contributed by atoms with Gasteiger partial charge in [-0.3, -0.25) is 4.79 Å². The highest BCUT2D eigenvalue weighted by molar-refractivity contribution is 7.10. The zero-order valence-corrected chi connectivity index (χ0v) is 13.0. The summed E-state index contributed by atoms with van der Waals surface area (Å²) in [6.45, 7) is 2.42. The van der Waals surface area contributed by atoms with Crippen LogP contribution in [0.3, 0.4) is 0 Å². The molecule has 0 radical (unpaired) electrons. The van der Waals surface area contributed by atoms with Gasteiger partial charge in [-0.2, -0.15) is 0 Å². The molecule has 0 saturated heterocycles. The second-order valence-electron chi connectivity index (χ2n) is 5.77. The summed E-state index contributed by atoms with van der Waals surface area (Å²) in [6.07, 6.45) is 6.57. The number of hydrogen-bond acceptors (Lipinski definition) is 3. The monoisotopic (exact) mass is 295 g/mol. The standard InChI is InChI=1S/C16H25NO2S/c1-2-7-13(18)12-17-15(19)16(9-4-3-5-10-16)14-8-6-11-20-14/h6,8,11,13,18H,2-5,7,9-10,12H2,1H3,(H,17,19). The Morgan fingerprint density at radius 1 is 1.45 bits per heavy atom. The predicted molar refractivity (Wildman–Crippen MR) is 83.0 cm³/mol. The lowest BCUT2D eigenvalue weighted by Crippen LogP contribution is -2.47. The first-order chi connectivity index (χ1) is 9.69. The molecule has 2 rings (SSSR count). The minimum absolute atomic E-state index is 0.106. The van der Waals surface area contributed by atoms with Gasteiger partial charge in [-0.15, -0.1) is 11.3 Å². The summed E-state index contributed by atoms with van der Waals surface area (Å²) in [6, 6.07) is 4.10. The number of hydrogen-bond donors (Lipinski definition) is 2. The lowest BCUT2D eigenvalue weighted by molar-refractivity contribution is -0.128. The Bertz CT molecular complexity index is 410. The van der Waals surface area contributed by atoms with Gasteiger partial charge in [0.1, 0.15) is 0 Å². The van der Waals surface area contributed by atoms with Crippen molar-refractivity contribution in [2.45, 2.75) is 63.4 Å². The first-order valence-corrected chi connectivity index (χ1v) is 8.57. The van der Waals surface area contributed by atoms with Gasteiger partial charge in [0.05, 0.1) is 11.5 Å². The van der Waals surface area contributed by atoms with E-state index in [1.165, 1.54) is 11.3 Å². The number of nitrogens with one attached hydrogen (secondary N) is 1. The Balaban J connectivity index is 2.05. The summed E-state index contributed by atoms with van der Waals surface area (Å²) in [5.41, 5.74) is -0.349. The Hall–Kier alpha value is -0.870. The molecule has 1 aliphatic carbocycles. The van der Waals surface area contributed by atoms with Crippen LogP contribution in [0.25, 0.3) is 0 Å². The van der Waals surface area contributed by atoms with Crippen LogP contribution in [0.5, 0.6) is 0 Å². The van der Waals surface area contributed by atoms with Gasteiger partial charge >= 0.3 is 0 Å². The molecule has 20 heavy (non-hydrogen) atoms. The molecular weight excluding hydrogens is 270 g/mol. The largest absolute Gasteiger partial charge is 0.391 e. The average Bonchev–Trinajstić information content (AvgIpc) is 3.00. The number of aliphatic hydroxyl groups excluding tert-OH is 1. The molecule has 1 heterocycles. The third kappa shape index (κ3) is 3.41. The van der Waals surface area contributed by atoms with Gasteiger partial charge in [-0.25, -0.2) is 0 Å². The van der Waals surface area contributed by atoms with Gasteiger partial charge in [-0.05, 0) is 30.7 Å². The van der Waals surface area contributed by atoms with Gasteiger partial charge in [0.2, 0.25) is 5.91 Å². The summed E-state index contributed by atoms with van der Waals surface area (Å²) in [4.78, 5) is 13.9. The van der Waals surface area contributed by atoms with Crippen molar-refractivity contribution in [3.63, 3.8) is 0 Å². The summed E-state index contributed by atoms with van der Waals surface area (Å²) in [5, 5.41) is 14.8. The number of carbonyl (C=O) groups excluding carboxylic acids is 1. The Morgan fingerprint density at radius 3 is 2.80 bits per heavy atom. The number of thiophene rings is 1. The van der Waals surface area contributed by atoms with Crippen molar-refractivity contribution in [2.24, 2.45) is 0 Å². The van der Waals surface area contributed by atoms with Crippen molar-refractivity contribution in [1.29, 1.82) is 0 Å². The molecule has 112 valence electrons. The van der Waals surface area contributed by atoms with Crippen molar-refractivity contribution >= 4 is 17.2 Å². The maximum absolute atomic E-state index is 12.7. The highest BCUT2D eigenvalue weighted by Crippen LogP contribution is 2.41. The van der Waals surface area contributed by atoms with Crippen LogP contribution >= 0.6 is 11.3 Å². The van der Waals surface area contributed by atoms with Crippen LogP contribution in [0.15, 0.2) is 17.5 Å². The quantitative estimate of drug-likeness (QED) is 0.846. The predicted octanol–water partition coefficient (Wildman–Crippen LogP) is 3.23. The Kier molecular flexibility index (Phi) is 5.61. The van der Waals surface area contributed by atoms with Gasteiger partial charge in [0.25, 0.3) is 0 Å². The van der Waals surface area contributed by atoms with E-state index in [-0.39, 0.29) is 11.3 Å². The highest BCUT2D eigenvalue weighted by atomic mass is 32.1. The molecule has 1 aromatic rings. The van der Waals surface area contributed by atoms with E-state index in [1.807, 2.05) is 18.4 Å². The number of rotatable bonds is 6. The molecule has 1 aliphatic rings. The van der Waals surface area contributed by atoms with E-state index < -0.39 is 6.10 Å². The molecule has 4 heteroatoms. The molecule has 1 atom stereocenters. The number of aliphatic hydroxyl groups is 1. The maximum Gasteiger partial charge on any atom is 0.231 e. The van der Waals surface area contributed by atoms with E-state index in [4.69, 9.17) is 0 Å². The minimum atomic E-state index is -0.423. The SMILES string of the molecule is CCCC(O)CNC(=O)C1(c2cccs2)CCCCC1. The summed E-state index contributed by atoms with van der Waals surface area (Å²) in [7, 11) is 0. The summed E-state index contributed by atoms with van der Waals surface area (Å²) in [5.74, 6) is 0.106. The molecule has 0 spiro atoms. The van der Waals surface area contributed by atoms with Gasteiger partial charge < -0.3 is 10.4 Å². The Morgan fingerprint density at radius 2 is 2.20 bits per heavy atom. The Labute approximate surface area is 125 Å². The van der Waals surface area contributed by atoms with E-state index >= 15 is 0 Å². The van der Waals surface area contributed by atoms with Crippen molar-refractivity contribution in [3.05, 3.63) is 22.4 Å². The summed E-state index contributed by atoms with van der Waals surface area (Å²) >= 11 is 1.68. The van der Waals surface area contributed by atoms with Crippen LogP contribution in [-0.2, 0) is 10.2 Å². The average molecular weight is 295 g/mol. The van der Waals surface area contributed by atoms with Gasteiger partial charge in [0, 0.05) is 11.4 Å². The second-order valence-corrected chi connectivity index (χ2v) is 6.72. The smallest absolute Gasteiger partial charge is 0.231 e. The fourth-order valence-electron chi connectivity index (χ4n) is 3.11. The van der Waals surface area contributed by atoms with E-state index in [2.05, 4.69) is 11.4 Å². The molecule has 1 aromatic heterocycles. The topological polar surface area (TPSA) is 49.3 Å². The van der Waals surface area contributed by atoms with Crippen LogP contribution in [0.1, 0.15) is 56.7 Å². The van der Waals surface area contributed by atoms with E-state index in [9.17, 15) is 9.90 Å². The van der Waals surface area contributed by atoms with Crippen molar-refractivity contribution in [3.8, 4) is 0 Å². The minimum Gasteiger partial charge on any atom is -0.391 e. The van der Waals surface area contributed by atoms with Crippen LogP contribution in [0, 0.1) is 0 Å². The zero-order valence-electron chi connectivity index (χ0n) is 12.2. The molecule has 1 fully saturated rings. The van der Waals surface area contributed by atoms with Crippen molar-refractivity contribution in [2.75, 3.05) is 6.54 Å². The first kappa shape index (κ1) is 15.5. The summed E-state index contributed by atoms with van der Waals surface area (Å²) < 4.78 is 0. The third-order valence-electron chi connectivity index (χ3n) is 4.25. The van der Waals surface area contributed by atoms with Crippen LogP contribution < -0.4 is 5.32 Å². The molecule has 3 nitrogen and oxygen atoms in total. The molecule has 2 N–H and O–H groups in total. The molecule has 0 aromatic carbocycles. The number of carbonyl (C=O) groups is 1. The lowest BCUT2D eigenvalue weighted by Gasteiger charge is -2.35. The molecule has 0 aliphatic heterocycles. The molecular formula is C16H25NO2S. The second kappa shape index (κ2) is 7.23.